The quantitative estimate of drug-likeness (QED) is 0.385. The summed E-state index contributed by atoms with van der Waals surface area (Å²) >= 11 is 0. The van der Waals surface area contributed by atoms with E-state index in [-0.39, 0.29) is 0 Å². The van der Waals surface area contributed by atoms with Gasteiger partial charge in [-0.3, -0.25) is 0 Å². The van der Waals surface area contributed by atoms with Crippen molar-refractivity contribution in [2.45, 2.75) is 6.54 Å². The predicted molar refractivity (Wildman–Crippen MR) is 56.0 cm³/mol. The molecule has 0 fully saturated rings. The summed E-state index contributed by atoms with van der Waals surface area (Å²) in [5.41, 5.74) is 19.2. The van der Waals surface area contributed by atoms with Gasteiger partial charge in [-0.1, -0.05) is 0 Å². The van der Waals surface area contributed by atoms with E-state index in [2.05, 4.69) is 5.32 Å². The van der Waals surface area contributed by atoms with E-state index >= 15 is 0 Å². The second-order valence-electron chi connectivity index (χ2n) is 2.92. The fourth-order valence-corrected chi connectivity index (χ4v) is 1.10. The van der Waals surface area contributed by atoms with Crippen molar-refractivity contribution in [1.29, 1.82) is 0 Å². The minimum Gasteiger partial charge on any atom is -0.399 e. The molecule has 1 rings (SSSR count). The Kier molecular flexibility index (Phi) is 3.54. The van der Waals surface area contributed by atoms with Crippen LogP contribution in [0.4, 0.5) is 11.4 Å². The largest absolute Gasteiger partial charge is 0.399 e. The lowest BCUT2D eigenvalue weighted by molar-refractivity contribution is 0.696. The lowest BCUT2D eigenvalue weighted by Gasteiger charge is -2.07. The molecule has 0 aliphatic heterocycles. The maximum atomic E-state index is 5.74. The molecule has 4 heteroatoms. The van der Waals surface area contributed by atoms with Crippen LogP contribution in [-0.4, -0.2) is 13.1 Å². The van der Waals surface area contributed by atoms with Gasteiger partial charge in [0.2, 0.25) is 0 Å². The fraction of sp³-hybridized carbons (Fsp3) is 0.333. The monoisotopic (exact) mass is 180 g/mol. The maximum Gasteiger partial charge on any atom is 0.0361 e. The minimum atomic E-state index is 0.627. The SMILES string of the molecule is NCCNCc1cc(N)ccc1N. The van der Waals surface area contributed by atoms with E-state index in [0.29, 0.717) is 13.1 Å². The van der Waals surface area contributed by atoms with Crippen molar-refractivity contribution in [3.63, 3.8) is 0 Å². The first-order chi connectivity index (χ1) is 6.24. The van der Waals surface area contributed by atoms with Crippen LogP contribution in [0, 0.1) is 0 Å². The number of hydrogen-bond donors (Lipinski definition) is 4. The van der Waals surface area contributed by atoms with Gasteiger partial charge in [0.15, 0.2) is 0 Å². The van der Waals surface area contributed by atoms with Gasteiger partial charge < -0.3 is 22.5 Å². The molecule has 1 aromatic carbocycles. The Morgan fingerprint density at radius 1 is 1.23 bits per heavy atom. The Morgan fingerprint density at radius 2 is 2.00 bits per heavy atom. The summed E-state index contributed by atoms with van der Waals surface area (Å²) in [6.07, 6.45) is 0. The van der Waals surface area contributed by atoms with Gasteiger partial charge in [-0.25, -0.2) is 0 Å². The van der Waals surface area contributed by atoms with Crippen molar-refractivity contribution in [2.75, 3.05) is 24.6 Å². The predicted octanol–water partition coefficient (Wildman–Crippen LogP) is -0.101. The van der Waals surface area contributed by atoms with Gasteiger partial charge in [-0.15, -0.1) is 0 Å². The van der Waals surface area contributed by atoms with Crippen molar-refractivity contribution in [1.82, 2.24) is 5.32 Å². The number of benzene rings is 1. The van der Waals surface area contributed by atoms with E-state index in [0.717, 1.165) is 23.5 Å². The molecular weight excluding hydrogens is 164 g/mol. The van der Waals surface area contributed by atoms with Gasteiger partial charge in [0, 0.05) is 31.0 Å². The number of anilines is 2. The van der Waals surface area contributed by atoms with Crippen LogP contribution in [0.5, 0.6) is 0 Å². The number of hydrogen-bond acceptors (Lipinski definition) is 4. The summed E-state index contributed by atoms with van der Waals surface area (Å²) in [5.74, 6) is 0. The third-order valence-electron chi connectivity index (χ3n) is 1.80. The Morgan fingerprint density at radius 3 is 2.69 bits per heavy atom. The molecule has 1 aromatic rings. The standard InChI is InChI=1S/C9H16N4/c10-3-4-13-6-7-5-8(11)1-2-9(7)12/h1-2,5,13H,3-4,6,10-12H2. The second-order valence-corrected chi connectivity index (χ2v) is 2.92. The summed E-state index contributed by atoms with van der Waals surface area (Å²) in [4.78, 5) is 0. The number of nitrogens with one attached hydrogen (secondary N) is 1. The van der Waals surface area contributed by atoms with Gasteiger partial charge >= 0.3 is 0 Å². The van der Waals surface area contributed by atoms with Gasteiger partial charge in [0.1, 0.15) is 0 Å². The Bertz CT molecular complexity index is 272. The maximum absolute atomic E-state index is 5.74. The van der Waals surface area contributed by atoms with E-state index in [4.69, 9.17) is 17.2 Å². The van der Waals surface area contributed by atoms with E-state index in [1.807, 2.05) is 12.1 Å². The lowest BCUT2D eigenvalue weighted by atomic mass is 10.1. The lowest BCUT2D eigenvalue weighted by Crippen LogP contribution is -2.22. The van der Waals surface area contributed by atoms with Crippen LogP contribution < -0.4 is 22.5 Å². The highest BCUT2D eigenvalue weighted by Crippen LogP contribution is 2.14. The molecule has 0 spiro atoms. The number of nitrogen functional groups attached to an aromatic ring is 2. The molecule has 7 N–H and O–H groups in total. The highest BCUT2D eigenvalue weighted by atomic mass is 14.9. The Balaban J connectivity index is 2.59. The van der Waals surface area contributed by atoms with Gasteiger partial charge in [0.25, 0.3) is 0 Å². The molecule has 0 saturated heterocycles. The van der Waals surface area contributed by atoms with Crippen LogP contribution in [0.15, 0.2) is 18.2 Å². The highest BCUT2D eigenvalue weighted by Gasteiger charge is 1.98. The molecule has 0 heterocycles. The van der Waals surface area contributed by atoms with E-state index in [1.54, 1.807) is 6.07 Å². The third-order valence-corrected chi connectivity index (χ3v) is 1.80. The first kappa shape index (κ1) is 9.83. The zero-order valence-electron chi connectivity index (χ0n) is 7.59. The van der Waals surface area contributed by atoms with Crippen LogP contribution in [0.1, 0.15) is 5.56 Å². The van der Waals surface area contributed by atoms with Gasteiger partial charge in [-0.05, 0) is 23.8 Å². The fourth-order valence-electron chi connectivity index (χ4n) is 1.10. The molecule has 0 aliphatic rings. The van der Waals surface area contributed by atoms with Gasteiger partial charge in [0.05, 0.1) is 0 Å². The van der Waals surface area contributed by atoms with E-state index in [9.17, 15) is 0 Å². The number of rotatable bonds is 4. The molecule has 0 aliphatic carbocycles. The molecule has 0 radical (unpaired) electrons. The summed E-state index contributed by atoms with van der Waals surface area (Å²) < 4.78 is 0. The van der Waals surface area contributed by atoms with Crippen LogP contribution in [0.3, 0.4) is 0 Å². The van der Waals surface area contributed by atoms with Crippen LogP contribution >= 0.6 is 0 Å². The van der Waals surface area contributed by atoms with Crippen LogP contribution in [0.2, 0.25) is 0 Å². The smallest absolute Gasteiger partial charge is 0.0361 e. The summed E-state index contributed by atoms with van der Waals surface area (Å²) in [6.45, 7) is 2.13. The van der Waals surface area contributed by atoms with Crippen LogP contribution in [0.25, 0.3) is 0 Å². The summed E-state index contributed by atoms with van der Waals surface area (Å²) in [7, 11) is 0. The highest BCUT2D eigenvalue weighted by molar-refractivity contribution is 5.55. The molecule has 13 heavy (non-hydrogen) atoms. The zero-order chi connectivity index (χ0) is 9.68. The number of nitrogens with two attached hydrogens (primary N) is 3. The average Bonchev–Trinajstić information content (AvgIpc) is 2.11. The third kappa shape index (κ3) is 2.93. The van der Waals surface area contributed by atoms with Crippen molar-refractivity contribution >= 4 is 11.4 Å². The molecule has 0 aromatic heterocycles. The molecule has 0 saturated carbocycles. The molecule has 0 atom stereocenters. The van der Waals surface area contributed by atoms with E-state index < -0.39 is 0 Å². The zero-order valence-corrected chi connectivity index (χ0v) is 7.59. The second kappa shape index (κ2) is 4.69. The van der Waals surface area contributed by atoms with Crippen molar-refractivity contribution in [3.8, 4) is 0 Å². The van der Waals surface area contributed by atoms with Crippen LogP contribution in [-0.2, 0) is 6.54 Å². The molecule has 0 bridgehead atoms. The van der Waals surface area contributed by atoms with Crippen molar-refractivity contribution < 1.29 is 0 Å². The molecule has 4 nitrogen and oxygen atoms in total. The molecular formula is C9H16N4. The first-order valence-corrected chi connectivity index (χ1v) is 4.28. The van der Waals surface area contributed by atoms with Crippen molar-refractivity contribution in [2.24, 2.45) is 5.73 Å². The average molecular weight is 180 g/mol. The molecule has 0 unspecified atom stereocenters. The normalized spacial score (nSPS) is 10.2. The van der Waals surface area contributed by atoms with E-state index in [1.165, 1.54) is 0 Å². The summed E-state index contributed by atoms with van der Waals surface area (Å²) in [6, 6.07) is 5.48. The summed E-state index contributed by atoms with van der Waals surface area (Å²) in [5, 5.41) is 3.16. The Hall–Kier alpha value is -1.26. The first-order valence-electron chi connectivity index (χ1n) is 4.28. The minimum absolute atomic E-state index is 0.627. The van der Waals surface area contributed by atoms with Gasteiger partial charge in [-0.2, -0.15) is 0 Å². The topological polar surface area (TPSA) is 90.1 Å². The Labute approximate surface area is 78.1 Å². The molecule has 0 amide bonds. The van der Waals surface area contributed by atoms with Crippen molar-refractivity contribution in [3.05, 3.63) is 23.8 Å². The molecule has 72 valence electrons.